The number of ether oxygens (including phenoxy) is 1. The Morgan fingerprint density at radius 1 is 1.19 bits per heavy atom. The highest BCUT2D eigenvalue weighted by molar-refractivity contribution is 4.77. The van der Waals surface area contributed by atoms with Gasteiger partial charge in [-0.3, -0.25) is 11.3 Å². The summed E-state index contributed by atoms with van der Waals surface area (Å²) in [5.41, 5.74) is 2.99. The van der Waals surface area contributed by atoms with E-state index in [1.807, 2.05) is 0 Å². The summed E-state index contributed by atoms with van der Waals surface area (Å²) in [6, 6.07) is 0.510. The van der Waals surface area contributed by atoms with E-state index in [4.69, 9.17) is 10.6 Å². The molecule has 2 atom stereocenters. The van der Waals surface area contributed by atoms with Gasteiger partial charge in [0.25, 0.3) is 0 Å². The second-order valence-electron chi connectivity index (χ2n) is 5.46. The molecule has 1 saturated heterocycles. The number of nitrogens with one attached hydrogen (secondary N) is 1. The van der Waals surface area contributed by atoms with Gasteiger partial charge in [0.15, 0.2) is 0 Å². The van der Waals surface area contributed by atoms with E-state index in [2.05, 4.69) is 5.43 Å². The molecule has 1 heterocycles. The third-order valence-electron chi connectivity index (χ3n) is 4.19. The first kappa shape index (κ1) is 12.3. The lowest BCUT2D eigenvalue weighted by molar-refractivity contribution is 0.00792. The van der Waals surface area contributed by atoms with Crippen LogP contribution in [0.2, 0.25) is 0 Å². The molecule has 3 N–H and O–H groups in total. The van der Waals surface area contributed by atoms with Crippen molar-refractivity contribution in [3.05, 3.63) is 0 Å². The van der Waals surface area contributed by atoms with Crippen LogP contribution >= 0.6 is 0 Å². The van der Waals surface area contributed by atoms with E-state index in [9.17, 15) is 0 Å². The zero-order chi connectivity index (χ0) is 11.2. The molecule has 0 radical (unpaired) electrons. The first-order valence-corrected chi connectivity index (χ1v) is 6.96. The summed E-state index contributed by atoms with van der Waals surface area (Å²) in [6.07, 6.45) is 12.2. The monoisotopic (exact) mass is 226 g/mol. The van der Waals surface area contributed by atoms with Crippen molar-refractivity contribution < 1.29 is 4.74 Å². The Morgan fingerprint density at radius 3 is 2.62 bits per heavy atom. The Kier molecular flexibility index (Phi) is 5.07. The maximum atomic E-state index is 5.75. The van der Waals surface area contributed by atoms with Crippen LogP contribution in [-0.4, -0.2) is 18.8 Å². The summed E-state index contributed by atoms with van der Waals surface area (Å²) in [4.78, 5) is 0. The highest BCUT2D eigenvalue weighted by Crippen LogP contribution is 2.31. The smallest absolute Gasteiger partial charge is 0.0575 e. The lowest BCUT2D eigenvalue weighted by atomic mass is 9.80. The van der Waals surface area contributed by atoms with E-state index >= 15 is 0 Å². The van der Waals surface area contributed by atoms with Crippen molar-refractivity contribution in [2.24, 2.45) is 11.8 Å². The van der Waals surface area contributed by atoms with Crippen LogP contribution in [0.1, 0.15) is 57.8 Å². The van der Waals surface area contributed by atoms with E-state index in [0.717, 1.165) is 12.5 Å². The predicted octanol–water partition coefficient (Wildman–Crippen LogP) is 2.36. The Balaban J connectivity index is 1.61. The third kappa shape index (κ3) is 3.72. The maximum Gasteiger partial charge on any atom is 0.0575 e. The van der Waals surface area contributed by atoms with Crippen LogP contribution in [0.4, 0.5) is 0 Å². The zero-order valence-corrected chi connectivity index (χ0v) is 10.3. The van der Waals surface area contributed by atoms with Crippen LogP contribution in [-0.2, 0) is 4.74 Å². The van der Waals surface area contributed by atoms with Crippen LogP contribution in [0.3, 0.4) is 0 Å². The SMILES string of the molecule is NNC(CCC1CCCCO1)CC1CCC1. The summed E-state index contributed by atoms with van der Waals surface area (Å²) < 4.78 is 5.75. The van der Waals surface area contributed by atoms with Gasteiger partial charge in [0, 0.05) is 12.6 Å². The van der Waals surface area contributed by atoms with Crippen LogP contribution in [0.5, 0.6) is 0 Å². The molecule has 3 nitrogen and oxygen atoms in total. The Labute approximate surface area is 99.1 Å². The summed E-state index contributed by atoms with van der Waals surface area (Å²) in [5, 5.41) is 0. The Hall–Kier alpha value is -0.120. The fourth-order valence-electron chi connectivity index (χ4n) is 2.82. The molecule has 1 aliphatic carbocycles. The summed E-state index contributed by atoms with van der Waals surface area (Å²) in [7, 11) is 0. The molecule has 16 heavy (non-hydrogen) atoms. The Bertz CT molecular complexity index is 188. The van der Waals surface area contributed by atoms with Gasteiger partial charge in [-0.25, -0.2) is 0 Å². The molecule has 94 valence electrons. The van der Waals surface area contributed by atoms with Crippen LogP contribution in [0.25, 0.3) is 0 Å². The largest absolute Gasteiger partial charge is 0.378 e. The van der Waals surface area contributed by atoms with Crippen molar-refractivity contribution in [1.29, 1.82) is 0 Å². The molecule has 0 aromatic carbocycles. The van der Waals surface area contributed by atoms with Crippen molar-refractivity contribution in [1.82, 2.24) is 5.43 Å². The lowest BCUT2D eigenvalue weighted by Crippen LogP contribution is -2.38. The van der Waals surface area contributed by atoms with Gasteiger partial charge in [0.05, 0.1) is 6.10 Å². The van der Waals surface area contributed by atoms with Gasteiger partial charge in [-0.05, 0) is 44.4 Å². The fourth-order valence-corrected chi connectivity index (χ4v) is 2.82. The van der Waals surface area contributed by atoms with Gasteiger partial charge in [-0.1, -0.05) is 19.3 Å². The summed E-state index contributed by atoms with van der Waals surface area (Å²) in [6.45, 7) is 0.966. The average molecular weight is 226 g/mol. The van der Waals surface area contributed by atoms with Gasteiger partial charge >= 0.3 is 0 Å². The van der Waals surface area contributed by atoms with Crippen LogP contribution < -0.4 is 11.3 Å². The summed E-state index contributed by atoms with van der Waals surface area (Å²) in [5.74, 6) is 6.56. The molecule has 0 amide bonds. The maximum absolute atomic E-state index is 5.75. The number of hydrazine groups is 1. The standard InChI is InChI=1S/C13H26N2O/c14-15-12(10-11-4-3-5-11)7-8-13-6-1-2-9-16-13/h11-13,15H,1-10,14H2. The minimum absolute atomic E-state index is 0.506. The lowest BCUT2D eigenvalue weighted by Gasteiger charge is -2.30. The minimum atomic E-state index is 0.506. The van der Waals surface area contributed by atoms with Gasteiger partial charge in [-0.2, -0.15) is 0 Å². The fraction of sp³-hybridized carbons (Fsp3) is 1.00. The molecule has 1 saturated carbocycles. The van der Waals surface area contributed by atoms with Crippen molar-refractivity contribution >= 4 is 0 Å². The van der Waals surface area contributed by atoms with E-state index in [0.29, 0.717) is 12.1 Å². The normalized spacial score (nSPS) is 28.7. The molecule has 1 aliphatic heterocycles. The number of nitrogens with two attached hydrogens (primary N) is 1. The van der Waals surface area contributed by atoms with Gasteiger partial charge in [0.2, 0.25) is 0 Å². The van der Waals surface area contributed by atoms with E-state index in [1.165, 1.54) is 57.8 Å². The molecule has 0 spiro atoms. The first-order valence-electron chi connectivity index (χ1n) is 6.96. The van der Waals surface area contributed by atoms with Crippen LogP contribution in [0.15, 0.2) is 0 Å². The number of hydrogen-bond donors (Lipinski definition) is 2. The summed E-state index contributed by atoms with van der Waals surface area (Å²) >= 11 is 0. The topological polar surface area (TPSA) is 47.3 Å². The minimum Gasteiger partial charge on any atom is -0.378 e. The highest BCUT2D eigenvalue weighted by Gasteiger charge is 2.22. The molecule has 2 fully saturated rings. The molecule has 0 aromatic heterocycles. The van der Waals surface area contributed by atoms with Crippen molar-refractivity contribution in [2.75, 3.05) is 6.61 Å². The van der Waals surface area contributed by atoms with Gasteiger partial charge in [0.1, 0.15) is 0 Å². The van der Waals surface area contributed by atoms with Gasteiger partial charge in [-0.15, -0.1) is 0 Å². The number of rotatable bonds is 6. The molecular weight excluding hydrogens is 200 g/mol. The molecule has 0 aromatic rings. The molecule has 0 bridgehead atoms. The van der Waals surface area contributed by atoms with E-state index in [-0.39, 0.29) is 0 Å². The second kappa shape index (κ2) is 6.58. The predicted molar refractivity (Wildman–Crippen MR) is 65.9 cm³/mol. The third-order valence-corrected chi connectivity index (χ3v) is 4.19. The Morgan fingerprint density at radius 2 is 2.06 bits per heavy atom. The zero-order valence-electron chi connectivity index (χ0n) is 10.3. The average Bonchev–Trinajstić information content (AvgIpc) is 2.28. The van der Waals surface area contributed by atoms with Crippen molar-refractivity contribution in [2.45, 2.75) is 69.9 Å². The molecular formula is C13H26N2O. The number of hydrogen-bond acceptors (Lipinski definition) is 3. The van der Waals surface area contributed by atoms with E-state index in [1.54, 1.807) is 0 Å². The molecule has 2 aliphatic rings. The van der Waals surface area contributed by atoms with Crippen molar-refractivity contribution in [3.63, 3.8) is 0 Å². The quantitative estimate of drug-likeness (QED) is 0.540. The highest BCUT2D eigenvalue weighted by atomic mass is 16.5. The molecule has 2 rings (SSSR count). The first-order chi connectivity index (χ1) is 7.88. The van der Waals surface area contributed by atoms with Gasteiger partial charge < -0.3 is 4.74 Å². The van der Waals surface area contributed by atoms with Crippen LogP contribution in [0, 0.1) is 5.92 Å². The molecule has 2 unspecified atom stereocenters. The second-order valence-corrected chi connectivity index (χ2v) is 5.46. The van der Waals surface area contributed by atoms with Crippen molar-refractivity contribution in [3.8, 4) is 0 Å². The van der Waals surface area contributed by atoms with E-state index < -0.39 is 0 Å². The molecule has 3 heteroatoms.